The topological polar surface area (TPSA) is 71.1 Å². The number of fused-ring (bicyclic) bond motifs is 1. The molecule has 2 heterocycles. The number of rotatable bonds is 4. The average molecular weight is 314 g/mol. The summed E-state index contributed by atoms with van der Waals surface area (Å²) in [5, 5.41) is 0. The molecular weight excluding hydrogens is 296 g/mol. The van der Waals surface area contributed by atoms with Crippen molar-refractivity contribution in [2.75, 3.05) is 20.3 Å². The number of aryl methyl sites for hydroxylation is 1. The molecule has 7 heteroatoms. The van der Waals surface area contributed by atoms with Gasteiger partial charge in [0.1, 0.15) is 24.4 Å². The molecule has 2 aliphatic heterocycles. The van der Waals surface area contributed by atoms with Crippen LogP contribution in [0.15, 0.2) is 29.2 Å². The Morgan fingerprint density at radius 3 is 2.24 bits per heavy atom. The molecule has 2 saturated heterocycles. The highest BCUT2D eigenvalue weighted by atomic mass is 32.2. The van der Waals surface area contributed by atoms with E-state index in [9.17, 15) is 8.42 Å². The van der Waals surface area contributed by atoms with Crippen LogP contribution in [0.3, 0.4) is 0 Å². The first-order valence-corrected chi connectivity index (χ1v) is 8.18. The first-order valence-electron chi connectivity index (χ1n) is 6.77. The van der Waals surface area contributed by atoms with E-state index in [1.165, 1.54) is 12.1 Å². The molecule has 0 saturated carbocycles. The van der Waals surface area contributed by atoms with Gasteiger partial charge in [0.2, 0.25) is 0 Å². The number of benzene rings is 1. The van der Waals surface area contributed by atoms with E-state index >= 15 is 0 Å². The fourth-order valence-electron chi connectivity index (χ4n) is 2.64. The third kappa shape index (κ3) is 2.84. The maximum absolute atomic E-state index is 12.3. The Morgan fingerprint density at radius 2 is 1.62 bits per heavy atom. The molecule has 2 fully saturated rings. The molecule has 3 rings (SSSR count). The van der Waals surface area contributed by atoms with Crippen LogP contribution in [-0.2, 0) is 28.5 Å². The summed E-state index contributed by atoms with van der Waals surface area (Å²) in [5.74, 6) is 0. The molecule has 0 unspecified atom stereocenters. The van der Waals surface area contributed by atoms with Crippen molar-refractivity contribution in [1.82, 2.24) is 0 Å². The summed E-state index contributed by atoms with van der Waals surface area (Å²) in [6.45, 7) is 2.46. The van der Waals surface area contributed by atoms with Crippen molar-refractivity contribution in [2.24, 2.45) is 0 Å². The predicted molar refractivity (Wildman–Crippen MR) is 73.5 cm³/mol. The zero-order valence-corrected chi connectivity index (χ0v) is 12.7. The van der Waals surface area contributed by atoms with Crippen molar-refractivity contribution in [1.29, 1.82) is 0 Å². The van der Waals surface area contributed by atoms with Gasteiger partial charge in [-0.1, -0.05) is 17.7 Å². The molecule has 0 radical (unpaired) electrons. The molecule has 21 heavy (non-hydrogen) atoms. The van der Waals surface area contributed by atoms with Gasteiger partial charge in [-0.05, 0) is 19.1 Å². The van der Waals surface area contributed by atoms with Crippen LogP contribution in [-0.4, -0.2) is 53.2 Å². The minimum Gasteiger partial charge on any atom is -0.376 e. The number of ether oxygens (including phenoxy) is 3. The normalized spacial score (nSPS) is 32.3. The largest absolute Gasteiger partial charge is 0.376 e. The molecule has 0 spiro atoms. The van der Waals surface area contributed by atoms with Gasteiger partial charge in [-0.2, -0.15) is 8.42 Å². The Hall–Kier alpha value is -0.990. The Labute approximate surface area is 124 Å². The van der Waals surface area contributed by atoms with Crippen LogP contribution < -0.4 is 0 Å². The summed E-state index contributed by atoms with van der Waals surface area (Å²) in [6.07, 6.45) is -1.49. The molecular formula is C14H18O6S. The van der Waals surface area contributed by atoms with Crippen LogP contribution in [0.2, 0.25) is 0 Å². The summed E-state index contributed by atoms with van der Waals surface area (Å²) in [6, 6.07) is 6.53. The van der Waals surface area contributed by atoms with Crippen molar-refractivity contribution in [3.05, 3.63) is 29.8 Å². The fraction of sp³-hybridized carbons (Fsp3) is 0.571. The maximum atomic E-state index is 12.3. The smallest absolute Gasteiger partial charge is 0.297 e. The van der Waals surface area contributed by atoms with E-state index < -0.39 is 22.3 Å². The second-order valence-electron chi connectivity index (χ2n) is 5.27. The molecule has 0 aliphatic carbocycles. The van der Waals surface area contributed by atoms with Gasteiger partial charge in [0, 0.05) is 7.11 Å². The maximum Gasteiger partial charge on any atom is 0.297 e. The quantitative estimate of drug-likeness (QED) is 0.768. The lowest BCUT2D eigenvalue weighted by molar-refractivity contribution is -0.0133. The van der Waals surface area contributed by atoms with E-state index in [0.29, 0.717) is 6.61 Å². The summed E-state index contributed by atoms with van der Waals surface area (Å²) >= 11 is 0. The molecule has 4 atom stereocenters. The molecule has 2 aliphatic rings. The van der Waals surface area contributed by atoms with Crippen LogP contribution in [0.5, 0.6) is 0 Å². The van der Waals surface area contributed by atoms with E-state index in [-0.39, 0.29) is 23.7 Å². The van der Waals surface area contributed by atoms with Crippen molar-refractivity contribution >= 4 is 10.1 Å². The van der Waals surface area contributed by atoms with Gasteiger partial charge in [-0.25, -0.2) is 0 Å². The van der Waals surface area contributed by atoms with Crippen molar-refractivity contribution in [3.63, 3.8) is 0 Å². The Bertz CT molecular complexity index is 596. The minimum atomic E-state index is -3.82. The van der Waals surface area contributed by atoms with Gasteiger partial charge in [-0.15, -0.1) is 0 Å². The average Bonchev–Trinajstić information content (AvgIpc) is 3.02. The lowest BCUT2D eigenvalue weighted by atomic mass is 10.1. The highest BCUT2D eigenvalue weighted by Gasteiger charge is 2.50. The third-order valence-electron chi connectivity index (χ3n) is 3.83. The second kappa shape index (κ2) is 5.66. The standard InChI is InChI=1S/C14H18O6S/c1-9-3-5-10(6-4-9)21(15,16)20-12-8-19-13-11(17-2)7-18-14(12)13/h3-6,11-14H,7-8H2,1-2H3/t11-,12+,13-,14-/m1/s1. The van der Waals surface area contributed by atoms with Gasteiger partial charge in [0.05, 0.1) is 18.1 Å². The molecule has 1 aromatic carbocycles. The molecule has 0 bridgehead atoms. The minimum absolute atomic E-state index is 0.137. The van der Waals surface area contributed by atoms with Gasteiger partial charge in [0.15, 0.2) is 0 Å². The van der Waals surface area contributed by atoms with Crippen molar-refractivity contribution in [2.45, 2.75) is 36.2 Å². The van der Waals surface area contributed by atoms with Gasteiger partial charge in [-0.3, -0.25) is 4.18 Å². The highest BCUT2D eigenvalue weighted by molar-refractivity contribution is 7.86. The number of hydrogen-bond donors (Lipinski definition) is 0. The highest BCUT2D eigenvalue weighted by Crippen LogP contribution is 2.31. The Kier molecular flexibility index (Phi) is 4.02. The van der Waals surface area contributed by atoms with Crippen molar-refractivity contribution < 1.29 is 26.8 Å². The summed E-state index contributed by atoms with van der Waals surface area (Å²) in [5.41, 5.74) is 0.986. The van der Waals surface area contributed by atoms with E-state index in [2.05, 4.69) is 0 Å². The van der Waals surface area contributed by atoms with Crippen LogP contribution in [0.1, 0.15) is 5.56 Å². The first-order chi connectivity index (χ1) is 10.0. The van der Waals surface area contributed by atoms with E-state index in [0.717, 1.165) is 5.56 Å². The molecule has 0 aromatic heterocycles. The summed E-state index contributed by atoms with van der Waals surface area (Å²) in [7, 11) is -2.24. The van der Waals surface area contributed by atoms with Gasteiger partial charge >= 0.3 is 0 Å². The summed E-state index contributed by atoms with van der Waals surface area (Å²) < 4.78 is 46.2. The summed E-state index contributed by atoms with van der Waals surface area (Å²) in [4.78, 5) is 0.137. The molecule has 1 aromatic rings. The van der Waals surface area contributed by atoms with Crippen LogP contribution >= 0.6 is 0 Å². The predicted octanol–water partition coefficient (Wildman–Crippen LogP) is 0.882. The van der Waals surface area contributed by atoms with Crippen molar-refractivity contribution in [3.8, 4) is 0 Å². The van der Waals surface area contributed by atoms with E-state index in [1.807, 2.05) is 6.92 Å². The van der Waals surface area contributed by atoms with Crippen LogP contribution in [0, 0.1) is 6.92 Å². The van der Waals surface area contributed by atoms with E-state index in [4.69, 9.17) is 18.4 Å². The monoisotopic (exact) mass is 314 g/mol. The van der Waals surface area contributed by atoms with Crippen LogP contribution in [0.4, 0.5) is 0 Å². The fourth-order valence-corrected chi connectivity index (χ4v) is 3.71. The SMILES string of the molecule is CO[C@@H]1CO[C@H]2[C@@H]1OC[C@@H]2OS(=O)(=O)c1ccc(C)cc1. The molecule has 116 valence electrons. The number of methoxy groups -OCH3 is 1. The molecule has 0 N–H and O–H groups in total. The molecule has 0 amide bonds. The second-order valence-corrected chi connectivity index (χ2v) is 6.84. The van der Waals surface area contributed by atoms with Gasteiger partial charge in [0.25, 0.3) is 10.1 Å². The Balaban J connectivity index is 1.73. The Morgan fingerprint density at radius 1 is 1.05 bits per heavy atom. The zero-order valence-electron chi connectivity index (χ0n) is 11.9. The first kappa shape index (κ1) is 14.9. The lowest BCUT2D eigenvalue weighted by Crippen LogP contribution is -2.34. The number of hydrogen-bond acceptors (Lipinski definition) is 6. The lowest BCUT2D eigenvalue weighted by Gasteiger charge is -2.16. The van der Waals surface area contributed by atoms with E-state index in [1.54, 1.807) is 19.2 Å². The third-order valence-corrected chi connectivity index (χ3v) is 5.18. The van der Waals surface area contributed by atoms with Gasteiger partial charge < -0.3 is 14.2 Å². The molecule has 6 nitrogen and oxygen atoms in total. The zero-order chi connectivity index (χ0) is 15.0. The van der Waals surface area contributed by atoms with Crippen LogP contribution in [0.25, 0.3) is 0 Å².